The lowest BCUT2D eigenvalue weighted by atomic mass is 10.1. The molecule has 0 unspecified atom stereocenters. The summed E-state index contributed by atoms with van der Waals surface area (Å²) in [6, 6.07) is 0. The third kappa shape index (κ3) is 4.78. The van der Waals surface area contributed by atoms with E-state index >= 15 is 0 Å². The van der Waals surface area contributed by atoms with Gasteiger partial charge in [-0.2, -0.15) is 0 Å². The van der Waals surface area contributed by atoms with Crippen LogP contribution in [0.4, 0.5) is 0 Å². The topological polar surface area (TPSA) is 71.8 Å². The molecule has 0 aliphatic rings. The quantitative estimate of drug-likeness (QED) is 0.322. The van der Waals surface area contributed by atoms with Crippen LogP contribution >= 0.6 is 38.5 Å². The van der Waals surface area contributed by atoms with Crippen molar-refractivity contribution in [3.63, 3.8) is 0 Å². The van der Waals surface area contributed by atoms with Crippen LogP contribution in [-0.4, -0.2) is 26.5 Å². The van der Waals surface area contributed by atoms with E-state index in [0.29, 0.717) is 6.42 Å². The molecule has 0 aromatic rings. The average Bonchev–Trinajstić information content (AvgIpc) is 2.28. The van der Waals surface area contributed by atoms with Gasteiger partial charge in [-0.25, -0.2) is 0 Å². The molecule has 0 bridgehead atoms. The first-order valence-corrected chi connectivity index (χ1v) is 6.11. The monoisotopic (exact) mass is 384 g/mol. The summed E-state index contributed by atoms with van der Waals surface area (Å²) < 4.78 is 1.69. The number of hydrogen-bond donors (Lipinski definition) is 4. The smallest absolute Gasteiger partial charge is 0.0828 e. The van der Waals surface area contributed by atoms with E-state index in [0.717, 1.165) is 19.5 Å². The molecular formula is C9H14BrIN4. The predicted molar refractivity (Wildman–Crippen MR) is 77.3 cm³/mol. The van der Waals surface area contributed by atoms with Gasteiger partial charge in [0.25, 0.3) is 0 Å². The molecule has 0 amide bonds. The zero-order valence-corrected chi connectivity index (χ0v) is 12.4. The average molecular weight is 385 g/mol. The number of nitrogens with one attached hydrogen (secondary N) is 4. The largest absolute Gasteiger partial charge is 0.383 e. The summed E-state index contributed by atoms with van der Waals surface area (Å²) >= 11 is 5.47. The van der Waals surface area contributed by atoms with Gasteiger partial charge in [0.1, 0.15) is 0 Å². The number of rotatable bonds is 6. The molecule has 0 spiro atoms. The lowest BCUT2D eigenvalue weighted by Crippen LogP contribution is -2.08. The third-order valence-electron chi connectivity index (χ3n) is 1.73. The van der Waals surface area contributed by atoms with E-state index in [1.54, 1.807) is 7.05 Å². The van der Waals surface area contributed by atoms with E-state index in [1.165, 1.54) is 12.4 Å². The molecule has 0 saturated carbocycles. The SMILES string of the molecule is CN/C(Br)=C(\C=N)C/C(C=N)=C(\I)NC. The molecule has 0 rings (SSSR count). The van der Waals surface area contributed by atoms with E-state index in [9.17, 15) is 0 Å². The van der Waals surface area contributed by atoms with Crippen LogP contribution in [0.5, 0.6) is 0 Å². The Morgan fingerprint density at radius 2 is 1.73 bits per heavy atom. The Labute approximate surface area is 112 Å². The number of halogens is 2. The van der Waals surface area contributed by atoms with E-state index in [-0.39, 0.29) is 0 Å². The summed E-state index contributed by atoms with van der Waals surface area (Å²) in [5.74, 6) is 0. The molecule has 0 aliphatic carbocycles. The number of hydrogen-bond acceptors (Lipinski definition) is 4. The summed E-state index contributed by atoms with van der Waals surface area (Å²) in [6.45, 7) is 0. The molecule has 15 heavy (non-hydrogen) atoms. The normalized spacial score (nSPS) is 13.6. The minimum absolute atomic E-state index is 0.549. The van der Waals surface area contributed by atoms with Gasteiger partial charge < -0.3 is 21.5 Å². The lowest BCUT2D eigenvalue weighted by molar-refractivity contribution is 1.03. The molecule has 0 aromatic carbocycles. The van der Waals surface area contributed by atoms with Crippen molar-refractivity contribution in [2.24, 2.45) is 0 Å². The van der Waals surface area contributed by atoms with Gasteiger partial charge >= 0.3 is 0 Å². The Kier molecular flexibility index (Phi) is 7.67. The van der Waals surface area contributed by atoms with Crippen molar-refractivity contribution in [2.75, 3.05) is 14.1 Å². The van der Waals surface area contributed by atoms with Crippen molar-refractivity contribution in [1.29, 1.82) is 10.8 Å². The Bertz CT molecular complexity index is 279. The van der Waals surface area contributed by atoms with Crippen molar-refractivity contribution >= 4 is 51.0 Å². The fourth-order valence-corrected chi connectivity index (χ4v) is 1.51. The molecule has 6 heteroatoms. The van der Waals surface area contributed by atoms with Crippen LogP contribution in [0.25, 0.3) is 0 Å². The first-order chi connectivity index (χ1) is 7.10. The lowest BCUT2D eigenvalue weighted by Gasteiger charge is -2.08. The summed E-state index contributed by atoms with van der Waals surface area (Å²) in [5.41, 5.74) is 1.66. The van der Waals surface area contributed by atoms with Gasteiger partial charge in [-0.15, -0.1) is 0 Å². The maximum atomic E-state index is 7.30. The van der Waals surface area contributed by atoms with Crippen LogP contribution in [-0.2, 0) is 0 Å². The Hall–Kier alpha value is -0.370. The van der Waals surface area contributed by atoms with Crippen molar-refractivity contribution in [3.8, 4) is 0 Å². The van der Waals surface area contributed by atoms with Gasteiger partial charge in [-0.1, -0.05) is 0 Å². The van der Waals surface area contributed by atoms with Crippen molar-refractivity contribution in [3.05, 3.63) is 19.5 Å². The molecule has 0 saturated heterocycles. The zero-order valence-electron chi connectivity index (χ0n) is 8.62. The molecule has 4 nitrogen and oxygen atoms in total. The van der Waals surface area contributed by atoms with Gasteiger partial charge in [-0.3, -0.25) is 0 Å². The summed E-state index contributed by atoms with van der Waals surface area (Å²) in [4.78, 5) is 0. The van der Waals surface area contributed by atoms with Crippen molar-refractivity contribution in [1.82, 2.24) is 10.6 Å². The molecule has 0 fully saturated rings. The van der Waals surface area contributed by atoms with Crippen LogP contribution in [0.15, 0.2) is 19.5 Å². The highest BCUT2D eigenvalue weighted by Crippen LogP contribution is 2.18. The van der Waals surface area contributed by atoms with Gasteiger partial charge in [-0.05, 0) is 38.5 Å². The van der Waals surface area contributed by atoms with Crippen LogP contribution in [0, 0.1) is 10.8 Å². The molecule has 84 valence electrons. The second-order valence-electron chi connectivity index (χ2n) is 2.64. The summed E-state index contributed by atoms with van der Waals surface area (Å²) in [6.07, 6.45) is 3.13. The fraction of sp³-hybridized carbons (Fsp3) is 0.333. The first-order valence-electron chi connectivity index (χ1n) is 4.24. The van der Waals surface area contributed by atoms with Crippen LogP contribution in [0.3, 0.4) is 0 Å². The van der Waals surface area contributed by atoms with Gasteiger partial charge in [0.05, 0.1) is 8.31 Å². The first kappa shape index (κ1) is 14.6. The van der Waals surface area contributed by atoms with Gasteiger partial charge in [0, 0.05) is 44.1 Å². The second kappa shape index (κ2) is 7.86. The summed E-state index contributed by atoms with van der Waals surface area (Å²) in [5, 5.41) is 20.5. The molecule has 0 aromatic heterocycles. The second-order valence-corrected chi connectivity index (χ2v) is 4.52. The molecular weight excluding hydrogens is 371 g/mol. The molecule has 0 heterocycles. The minimum Gasteiger partial charge on any atom is -0.383 e. The van der Waals surface area contributed by atoms with Crippen LogP contribution in [0.2, 0.25) is 0 Å². The van der Waals surface area contributed by atoms with E-state index in [2.05, 4.69) is 49.2 Å². The standard InChI is InChI=1S/C9H14BrIN4/c1-14-8(10)6(4-12)3-7(5-13)9(11)15-2/h4-5,12-15H,3H2,1-2H3/b8-6-,9-7-,12-4?,13-5?. The van der Waals surface area contributed by atoms with E-state index in [1.807, 2.05) is 7.05 Å². The van der Waals surface area contributed by atoms with E-state index in [4.69, 9.17) is 10.8 Å². The highest BCUT2D eigenvalue weighted by Gasteiger charge is 2.06. The zero-order chi connectivity index (χ0) is 11.8. The van der Waals surface area contributed by atoms with Gasteiger partial charge in [0.2, 0.25) is 0 Å². The summed E-state index contributed by atoms with van der Waals surface area (Å²) in [7, 11) is 3.59. The van der Waals surface area contributed by atoms with E-state index < -0.39 is 0 Å². The molecule has 0 aliphatic heterocycles. The van der Waals surface area contributed by atoms with Crippen LogP contribution < -0.4 is 10.6 Å². The fourth-order valence-electron chi connectivity index (χ4n) is 0.910. The van der Waals surface area contributed by atoms with Crippen molar-refractivity contribution in [2.45, 2.75) is 6.42 Å². The third-order valence-corrected chi connectivity index (χ3v) is 3.87. The maximum Gasteiger partial charge on any atom is 0.0828 e. The Balaban J connectivity index is 4.98. The van der Waals surface area contributed by atoms with Gasteiger partial charge in [0.15, 0.2) is 0 Å². The highest BCUT2D eigenvalue weighted by molar-refractivity contribution is 14.1. The molecule has 4 N–H and O–H groups in total. The highest BCUT2D eigenvalue weighted by atomic mass is 127. The molecule has 0 radical (unpaired) electrons. The Morgan fingerprint density at radius 3 is 2.07 bits per heavy atom. The van der Waals surface area contributed by atoms with Crippen molar-refractivity contribution < 1.29 is 0 Å². The maximum absolute atomic E-state index is 7.30. The predicted octanol–water partition coefficient (Wildman–Crippen LogP) is 2.37. The minimum atomic E-state index is 0.549. The number of allylic oxidation sites excluding steroid dienone is 2. The Morgan fingerprint density at radius 1 is 1.20 bits per heavy atom. The molecule has 0 atom stereocenters. The van der Waals surface area contributed by atoms with Crippen LogP contribution in [0.1, 0.15) is 6.42 Å².